The van der Waals surface area contributed by atoms with Crippen molar-refractivity contribution < 1.29 is 0 Å². The number of halogens is 1. The lowest BCUT2D eigenvalue weighted by Crippen LogP contribution is -2.13. The zero-order chi connectivity index (χ0) is 11.1. The van der Waals surface area contributed by atoms with Crippen LogP contribution in [0.15, 0.2) is 22.8 Å². The largest absolute Gasteiger partial charge is 0.306 e. The van der Waals surface area contributed by atoms with Crippen LogP contribution in [0, 0.1) is 0 Å². The molecule has 3 rings (SSSR count). The lowest BCUT2D eigenvalue weighted by Gasteiger charge is -2.05. The Kier molecular flexibility index (Phi) is 2.44. The molecule has 1 aliphatic rings. The molecule has 3 heterocycles. The second-order valence-electron chi connectivity index (χ2n) is 4.37. The van der Waals surface area contributed by atoms with Crippen molar-refractivity contribution >= 4 is 21.6 Å². The SMILES string of the molecule is CN1CCC(c2nc3cc(Br)ccn3n2)C1. The van der Waals surface area contributed by atoms with Crippen LogP contribution < -0.4 is 0 Å². The van der Waals surface area contributed by atoms with Crippen molar-refractivity contribution in [1.29, 1.82) is 0 Å². The average Bonchev–Trinajstić information content (AvgIpc) is 2.83. The molecule has 84 valence electrons. The first kappa shape index (κ1) is 10.2. The van der Waals surface area contributed by atoms with Gasteiger partial charge in [0.2, 0.25) is 0 Å². The van der Waals surface area contributed by atoms with Crippen LogP contribution in [0.5, 0.6) is 0 Å². The first-order chi connectivity index (χ1) is 7.72. The Balaban J connectivity index is 1.99. The Labute approximate surface area is 102 Å². The lowest BCUT2D eigenvalue weighted by atomic mass is 10.1. The van der Waals surface area contributed by atoms with Crippen LogP contribution in [0.1, 0.15) is 18.2 Å². The highest BCUT2D eigenvalue weighted by atomic mass is 79.9. The van der Waals surface area contributed by atoms with E-state index in [1.54, 1.807) is 0 Å². The molecule has 0 aliphatic carbocycles. The fourth-order valence-electron chi connectivity index (χ4n) is 2.19. The molecule has 0 amide bonds. The first-order valence-corrected chi connectivity index (χ1v) is 6.22. The van der Waals surface area contributed by atoms with Crippen molar-refractivity contribution in [3.8, 4) is 0 Å². The standard InChI is InChI=1S/C11H13BrN4/c1-15-4-2-8(7-15)11-13-10-6-9(12)3-5-16(10)14-11/h3,5-6,8H,2,4,7H2,1H3. The molecule has 16 heavy (non-hydrogen) atoms. The van der Waals surface area contributed by atoms with Crippen LogP contribution in [-0.4, -0.2) is 39.6 Å². The molecular weight excluding hydrogens is 268 g/mol. The van der Waals surface area contributed by atoms with E-state index in [4.69, 9.17) is 0 Å². The maximum atomic E-state index is 4.59. The third kappa shape index (κ3) is 1.74. The van der Waals surface area contributed by atoms with Gasteiger partial charge in [-0.15, -0.1) is 0 Å². The molecule has 1 fully saturated rings. The van der Waals surface area contributed by atoms with Crippen molar-refractivity contribution in [2.24, 2.45) is 0 Å². The summed E-state index contributed by atoms with van der Waals surface area (Å²) in [5.41, 5.74) is 0.916. The Bertz CT molecular complexity index is 522. The minimum absolute atomic E-state index is 0.490. The van der Waals surface area contributed by atoms with Crippen molar-refractivity contribution in [1.82, 2.24) is 19.5 Å². The number of hydrogen-bond acceptors (Lipinski definition) is 3. The van der Waals surface area contributed by atoms with Crippen LogP contribution in [0.4, 0.5) is 0 Å². The van der Waals surface area contributed by atoms with Gasteiger partial charge in [-0.3, -0.25) is 0 Å². The topological polar surface area (TPSA) is 33.4 Å². The summed E-state index contributed by atoms with van der Waals surface area (Å²) in [7, 11) is 2.15. The maximum Gasteiger partial charge on any atom is 0.156 e. The van der Waals surface area contributed by atoms with Crippen molar-refractivity contribution in [2.75, 3.05) is 20.1 Å². The number of rotatable bonds is 1. The Morgan fingerprint density at radius 1 is 1.50 bits per heavy atom. The Hall–Kier alpha value is -0.940. The molecule has 1 saturated heterocycles. The van der Waals surface area contributed by atoms with E-state index < -0.39 is 0 Å². The van der Waals surface area contributed by atoms with Crippen molar-refractivity contribution in [2.45, 2.75) is 12.3 Å². The molecule has 1 unspecified atom stereocenters. The quantitative estimate of drug-likeness (QED) is 0.800. The van der Waals surface area contributed by atoms with E-state index in [0.29, 0.717) is 5.92 Å². The molecule has 0 radical (unpaired) electrons. The molecule has 2 aromatic heterocycles. The zero-order valence-corrected chi connectivity index (χ0v) is 10.7. The van der Waals surface area contributed by atoms with Gasteiger partial charge in [-0.05, 0) is 32.1 Å². The van der Waals surface area contributed by atoms with Crippen molar-refractivity contribution in [3.05, 3.63) is 28.6 Å². The number of aromatic nitrogens is 3. The number of likely N-dealkylation sites (N-methyl/N-ethyl adjacent to an activating group) is 1. The predicted octanol–water partition coefficient (Wildman–Crippen LogP) is 1.91. The average molecular weight is 281 g/mol. The van der Waals surface area contributed by atoms with Gasteiger partial charge in [-0.25, -0.2) is 9.50 Å². The Morgan fingerprint density at radius 2 is 2.38 bits per heavy atom. The lowest BCUT2D eigenvalue weighted by molar-refractivity contribution is 0.409. The molecule has 0 bridgehead atoms. The zero-order valence-electron chi connectivity index (χ0n) is 9.10. The predicted molar refractivity (Wildman–Crippen MR) is 65.5 cm³/mol. The molecule has 0 N–H and O–H groups in total. The van der Waals surface area contributed by atoms with Gasteiger partial charge >= 0.3 is 0 Å². The number of fused-ring (bicyclic) bond motifs is 1. The second kappa shape index (κ2) is 3.82. The number of nitrogens with zero attached hydrogens (tertiary/aromatic N) is 4. The van der Waals surface area contributed by atoms with Gasteiger partial charge in [0.15, 0.2) is 11.5 Å². The fraction of sp³-hybridized carbons (Fsp3) is 0.455. The van der Waals surface area contributed by atoms with Gasteiger partial charge in [-0.1, -0.05) is 15.9 Å². The fourth-order valence-corrected chi connectivity index (χ4v) is 2.52. The van der Waals surface area contributed by atoms with E-state index >= 15 is 0 Å². The van der Waals surface area contributed by atoms with Crippen LogP contribution in [0.3, 0.4) is 0 Å². The second-order valence-corrected chi connectivity index (χ2v) is 5.28. The normalized spacial score (nSPS) is 22.0. The van der Waals surface area contributed by atoms with E-state index in [-0.39, 0.29) is 0 Å². The highest BCUT2D eigenvalue weighted by molar-refractivity contribution is 9.10. The molecular formula is C11H13BrN4. The van der Waals surface area contributed by atoms with Gasteiger partial charge in [0, 0.05) is 23.1 Å². The third-order valence-corrected chi connectivity index (χ3v) is 3.57. The summed E-state index contributed by atoms with van der Waals surface area (Å²) >= 11 is 3.45. The summed E-state index contributed by atoms with van der Waals surface area (Å²) in [4.78, 5) is 6.91. The number of pyridine rings is 1. The monoisotopic (exact) mass is 280 g/mol. The van der Waals surface area contributed by atoms with Crippen LogP contribution in [0.25, 0.3) is 5.65 Å². The van der Waals surface area contributed by atoms with Gasteiger partial charge in [0.25, 0.3) is 0 Å². The smallest absolute Gasteiger partial charge is 0.156 e. The molecule has 0 aromatic carbocycles. The van der Waals surface area contributed by atoms with Crippen LogP contribution >= 0.6 is 15.9 Å². The first-order valence-electron chi connectivity index (χ1n) is 5.43. The van der Waals surface area contributed by atoms with Crippen molar-refractivity contribution in [3.63, 3.8) is 0 Å². The highest BCUT2D eigenvalue weighted by Gasteiger charge is 2.24. The summed E-state index contributed by atoms with van der Waals surface area (Å²) in [6, 6.07) is 3.97. The number of likely N-dealkylation sites (tertiary alicyclic amines) is 1. The van der Waals surface area contributed by atoms with E-state index in [0.717, 1.165) is 35.5 Å². The summed E-state index contributed by atoms with van der Waals surface area (Å²) in [6.07, 6.45) is 3.10. The summed E-state index contributed by atoms with van der Waals surface area (Å²) < 4.78 is 2.89. The minimum atomic E-state index is 0.490. The highest BCUT2D eigenvalue weighted by Crippen LogP contribution is 2.24. The van der Waals surface area contributed by atoms with Crippen LogP contribution in [0.2, 0.25) is 0 Å². The molecule has 1 atom stereocenters. The third-order valence-electron chi connectivity index (χ3n) is 3.07. The molecule has 0 saturated carbocycles. The van der Waals surface area contributed by atoms with Crippen LogP contribution in [-0.2, 0) is 0 Å². The van der Waals surface area contributed by atoms with E-state index in [9.17, 15) is 0 Å². The molecule has 0 spiro atoms. The van der Waals surface area contributed by atoms with Gasteiger partial charge in [0.1, 0.15) is 0 Å². The summed E-state index contributed by atoms with van der Waals surface area (Å²) in [5, 5.41) is 4.53. The van der Waals surface area contributed by atoms with Gasteiger partial charge < -0.3 is 4.90 Å². The summed E-state index contributed by atoms with van der Waals surface area (Å²) in [5.74, 6) is 1.46. The Morgan fingerprint density at radius 3 is 3.12 bits per heavy atom. The van der Waals surface area contributed by atoms with E-state index in [1.807, 2.05) is 22.8 Å². The molecule has 2 aromatic rings. The van der Waals surface area contributed by atoms with Gasteiger partial charge in [-0.2, -0.15) is 5.10 Å². The van der Waals surface area contributed by atoms with E-state index in [2.05, 4.69) is 38.0 Å². The molecule has 5 heteroatoms. The maximum absolute atomic E-state index is 4.59. The van der Waals surface area contributed by atoms with Gasteiger partial charge in [0.05, 0.1) is 0 Å². The molecule has 4 nitrogen and oxygen atoms in total. The number of hydrogen-bond donors (Lipinski definition) is 0. The molecule has 1 aliphatic heterocycles. The summed E-state index contributed by atoms with van der Waals surface area (Å²) in [6.45, 7) is 2.21. The van der Waals surface area contributed by atoms with E-state index in [1.165, 1.54) is 0 Å². The minimum Gasteiger partial charge on any atom is -0.306 e.